The van der Waals surface area contributed by atoms with Crippen molar-refractivity contribution in [3.8, 4) is 0 Å². The van der Waals surface area contributed by atoms with Crippen LogP contribution in [0.2, 0.25) is 0 Å². The Morgan fingerprint density at radius 1 is 1.19 bits per heavy atom. The van der Waals surface area contributed by atoms with E-state index >= 15 is 0 Å². The van der Waals surface area contributed by atoms with Gasteiger partial charge in [-0.3, -0.25) is 9.59 Å². The molecule has 3 aromatic rings. The summed E-state index contributed by atoms with van der Waals surface area (Å²) in [5, 5.41) is 8.55. The molecule has 2 amide bonds. The number of carbonyl (C=O) groups excluding carboxylic acids is 2. The third kappa shape index (κ3) is 5.67. The van der Waals surface area contributed by atoms with Crippen LogP contribution < -0.4 is 10.5 Å². The number of nitrogens with two attached hydrogens (primary N) is 1. The first-order valence-electron chi connectivity index (χ1n) is 9.85. The van der Waals surface area contributed by atoms with Crippen LogP contribution in [0.5, 0.6) is 0 Å². The van der Waals surface area contributed by atoms with Crippen molar-refractivity contribution in [3.63, 3.8) is 0 Å². The van der Waals surface area contributed by atoms with E-state index in [0.717, 1.165) is 11.1 Å². The number of anilines is 1. The number of aryl methyl sites for hydroxylation is 2. The Bertz CT molecular complexity index is 1250. The quantitative estimate of drug-likeness (QED) is 0.481. The minimum absolute atomic E-state index is 0.0160. The van der Waals surface area contributed by atoms with E-state index in [1.165, 1.54) is 28.8 Å². The van der Waals surface area contributed by atoms with Gasteiger partial charge >= 0.3 is 0 Å². The van der Waals surface area contributed by atoms with E-state index < -0.39 is 10.0 Å². The summed E-state index contributed by atoms with van der Waals surface area (Å²) in [5.74, 6) is -0.431. The maximum atomic E-state index is 12.5. The second-order valence-corrected chi connectivity index (χ2v) is 9.79. The molecule has 0 bridgehead atoms. The SMILES string of the molecule is CCn1c(SCC(=O)N(C)CC(=O)Nc2ccc(C)cc2)nc2cc(S(N)(=O)=O)ccc21. The number of likely N-dealkylation sites (N-methyl/N-ethyl adjacent to an activating group) is 1. The zero-order valence-corrected chi connectivity index (χ0v) is 19.7. The molecule has 0 saturated carbocycles. The predicted molar refractivity (Wildman–Crippen MR) is 125 cm³/mol. The number of sulfonamides is 1. The molecule has 1 heterocycles. The van der Waals surface area contributed by atoms with Gasteiger partial charge in [0, 0.05) is 19.3 Å². The minimum atomic E-state index is -3.83. The zero-order chi connectivity index (χ0) is 23.5. The molecule has 3 rings (SSSR count). The minimum Gasteiger partial charge on any atom is -0.336 e. The van der Waals surface area contributed by atoms with E-state index in [1.54, 1.807) is 13.1 Å². The molecule has 0 saturated heterocycles. The molecule has 0 aliphatic heterocycles. The number of imidazole rings is 1. The van der Waals surface area contributed by atoms with Gasteiger partial charge in [-0.15, -0.1) is 0 Å². The number of benzene rings is 2. The molecule has 170 valence electrons. The number of amides is 2. The van der Waals surface area contributed by atoms with Gasteiger partial charge in [0.25, 0.3) is 0 Å². The molecule has 0 aliphatic carbocycles. The standard InChI is InChI=1S/C21H25N5O4S2/c1-4-26-18-10-9-16(32(22,29)30)11-17(18)24-21(26)31-13-20(28)25(3)12-19(27)23-15-7-5-14(2)6-8-15/h5-11H,4,12-13H2,1-3H3,(H,23,27)(H2,22,29,30). The molecule has 32 heavy (non-hydrogen) atoms. The highest BCUT2D eigenvalue weighted by Gasteiger charge is 2.18. The highest BCUT2D eigenvalue weighted by Crippen LogP contribution is 2.26. The van der Waals surface area contributed by atoms with Crippen molar-refractivity contribution < 1.29 is 18.0 Å². The lowest BCUT2D eigenvalue weighted by atomic mass is 10.2. The van der Waals surface area contributed by atoms with Gasteiger partial charge in [-0.25, -0.2) is 18.5 Å². The topological polar surface area (TPSA) is 127 Å². The zero-order valence-electron chi connectivity index (χ0n) is 18.0. The number of carbonyl (C=O) groups is 2. The van der Waals surface area contributed by atoms with Crippen LogP contribution in [-0.4, -0.2) is 54.0 Å². The lowest BCUT2D eigenvalue weighted by molar-refractivity contribution is -0.131. The fourth-order valence-corrected chi connectivity index (χ4v) is 4.61. The Kier molecular flexibility index (Phi) is 7.22. The van der Waals surface area contributed by atoms with Crippen molar-refractivity contribution in [1.82, 2.24) is 14.5 Å². The van der Waals surface area contributed by atoms with Crippen molar-refractivity contribution in [1.29, 1.82) is 0 Å². The summed E-state index contributed by atoms with van der Waals surface area (Å²) in [6.07, 6.45) is 0. The molecule has 11 heteroatoms. The van der Waals surface area contributed by atoms with Crippen molar-refractivity contribution >= 4 is 50.3 Å². The van der Waals surface area contributed by atoms with Crippen LogP contribution in [-0.2, 0) is 26.2 Å². The number of hydrogen-bond acceptors (Lipinski definition) is 6. The van der Waals surface area contributed by atoms with Crippen LogP contribution in [0, 0.1) is 6.92 Å². The predicted octanol–water partition coefficient (Wildman–Crippen LogP) is 2.20. The number of fused-ring (bicyclic) bond motifs is 1. The van der Waals surface area contributed by atoms with Gasteiger partial charge < -0.3 is 14.8 Å². The van der Waals surface area contributed by atoms with E-state index in [1.807, 2.05) is 42.7 Å². The molecule has 0 atom stereocenters. The fraction of sp³-hybridized carbons (Fsp3) is 0.286. The van der Waals surface area contributed by atoms with Crippen LogP contribution in [0.3, 0.4) is 0 Å². The number of hydrogen-bond donors (Lipinski definition) is 2. The van der Waals surface area contributed by atoms with Gasteiger partial charge in [-0.05, 0) is 44.2 Å². The first-order valence-corrected chi connectivity index (χ1v) is 12.4. The molecule has 1 aromatic heterocycles. The monoisotopic (exact) mass is 475 g/mol. The number of rotatable bonds is 8. The summed E-state index contributed by atoms with van der Waals surface area (Å²) in [5.41, 5.74) is 3.00. The molecule has 9 nitrogen and oxygen atoms in total. The molecule has 0 unspecified atom stereocenters. The van der Waals surface area contributed by atoms with Crippen LogP contribution in [0.4, 0.5) is 5.69 Å². The van der Waals surface area contributed by atoms with Gasteiger partial charge in [-0.1, -0.05) is 29.5 Å². The number of primary sulfonamides is 1. The average Bonchev–Trinajstić information content (AvgIpc) is 3.09. The summed E-state index contributed by atoms with van der Waals surface area (Å²) in [4.78, 5) is 30.6. The molecule has 0 spiro atoms. The molecule has 2 aromatic carbocycles. The number of nitrogens with zero attached hydrogens (tertiary/aromatic N) is 3. The van der Waals surface area contributed by atoms with Crippen molar-refractivity contribution in [2.45, 2.75) is 30.4 Å². The van der Waals surface area contributed by atoms with E-state index in [4.69, 9.17) is 5.14 Å². The van der Waals surface area contributed by atoms with Crippen LogP contribution in [0.1, 0.15) is 12.5 Å². The third-order valence-electron chi connectivity index (χ3n) is 4.80. The molecular weight excluding hydrogens is 450 g/mol. The van der Waals surface area contributed by atoms with Gasteiger partial charge in [0.1, 0.15) is 0 Å². The third-order valence-corrected chi connectivity index (χ3v) is 6.67. The normalized spacial score (nSPS) is 11.5. The summed E-state index contributed by atoms with van der Waals surface area (Å²) in [6.45, 7) is 4.41. The molecule has 3 N–H and O–H groups in total. The fourth-order valence-electron chi connectivity index (χ4n) is 3.06. The number of nitrogens with one attached hydrogen (secondary N) is 1. The van der Waals surface area contributed by atoms with Gasteiger partial charge in [0.15, 0.2) is 5.16 Å². The van der Waals surface area contributed by atoms with E-state index in [-0.39, 0.29) is 29.0 Å². The van der Waals surface area contributed by atoms with Crippen LogP contribution in [0.25, 0.3) is 11.0 Å². The van der Waals surface area contributed by atoms with Crippen molar-refractivity contribution in [2.75, 3.05) is 24.7 Å². The van der Waals surface area contributed by atoms with Crippen LogP contribution >= 0.6 is 11.8 Å². The maximum absolute atomic E-state index is 12.5. The first-order chi connectivity index (χ1) is 15.1. The lowest BCUT2D eigenvalue weighted by Gasteiger charge is -2.16. The summed E-state index contributed by atoms with van der Waals surface area (Å²) in [6, 6.07) is 11.9. The Morgan fingerprint density at radius 3 is 2.50 bits per heavy atom. The molecule has 0 fully saturated rings. The molecule has 0 radical (unpaired) electrons. The van der Waals surface area contributed by atoms with Crippen LogP contribution in [0.15, 0.2) is 52.5 Å². The summed E-state index contributed by atoms with van der Waals surface area (Å²) < 4.78 is 25.1. The van der Waals surface area contributed by atoms with Crippen molar-refractivity contribution in [3.05, 3.63) is 48.0 Å². The van der Waals surface area contributed by atoms with Gasteiger partial charge in [0.2, 0.25) is 21.8 Å². The Morgan fingerprint density at radius 2 is 1.88 bits per heavy atom. The summed E-state index contributed by atoms with van der Waals surface area (Å²) >= 11 is 1.23. The Labute approximate surface area is 191 Å². The maximum Gasteiger partial charge on any atom is 0.243 e. The second-order valence-electron chi connectivity index (χ2n) is 7.29. The van der Waals surface area contributed by atoms with Gasteiger partial charge in [-0.2, -0.15) is 0 Å². The van der Waals surface area contributed by atoms with Gasteiger partial charge in [0.05, 0.1) is 28.2 Å². The smallest absolute Gasteiger partial charge is 0.243 e. The average molecular weight is 476 g/mol. The van der Waals surface area contributed by atoms with E-state index in [0.29, 0.717) is 22.9 Å². The van der Waals surface area contributed by atoms with E-state index in [2.05, 4.69) is 10.3 Å². The Balaban J connectivity index is 1.64. The largest absolute Gasteiger partial charge is 0.336 e. The first kappa shape index (κ1) is 23.8. The summed E-state index contributed by atoms with van der Waals surface area (Å²) in [7, 11) is -2.26. The lowest BCUT2D eigenvalue weighted by Crippen LogP contribution is -2.36. The highest BCUT2D eigenvalue weighted by atomic mass is 32.2. The Hall–Kier alpha value is -2.89. The highest BCUT2D eigenvalue weighted by molar-refractivity contribution is 7.99. The molecular formula is C21H25N5O4S2. The number of thioether (sulfide) groups is 1. The number of aromatic nitrogens is 2. The van der Waals surface area contributed by atoms with E-state index in [9.17, 15) is 18.0 Å². The molecule has 0 aliphatic rings. The van der Waals surface area contributed by atoms with Crippen molar-refractivity contribution in [2.24, 2.45) is 5.14 Å². The second kappa shape index (κ2) is 9.72.